The van der Waals surface area contributed by atoms with E-state index in [0.29, 0.717) is 11.3 Å². The molecule has 0 aliphatic carbocycles. The van der Waals surface area contributed by atoms with E-state index in [-0.39, 0.29) is 5.91 Å². The number of halogens is 1. The van der Waals surface area contributed by atoms with Crippen molar-refractivity contribution in [3.05, 3.63) is 76.3 Å². The van der Waals surface area contributed by atoms with E-state index < -0.39 is 0 Å². The Morgan fingerprint density at radius 1 is 1.08 bits per heavy atom. The summed E-state index contributed by atoms with van der Waals surface area (Å²) in [5, 5.41) is 6.33. The van der Waals surface area contributed by atoms with Gasteiger partial charge in [0.25, 0.3) is 5.91 Å². The molecule has 4 nitrogen and oxygen atoms in total. The van der Waals surface area contributed by atoms with Crippen LogP contribution >= 0.6 is 15.9 Å². The van der Waals surface area contributed by atoms with Crippen LogP contribution in [-0.2, 0) is 0 Å². The molecule has 1 amide bonds. The number of nitrogens with one attached hydrogen (secondary N) is 1. The summed E-state index contributed by atoms with van der Waals surface area (Å²) in [5.74, 6) is 0.168. The van der Waals surface area contributed by atoms with Gasteiger partial charge < -0.3 is 4.74 Å². The van der Waals surface area contributed by atoms with Crippen molar-refractivity contribution in [2.45, 2.75) is 0 Å². The Hall–Kier alpha value is -2.66. The maximum Gasteiger partial charge on any atom is 0.275 e. The van der Waals surface area contributed by atoms with Gasteiger partial charge in [0.15, 0.2) is 0 Å². The van der Waals surface area contributed by atoms with Gasteiger partial charge in [-0.05, 0) is 40.6 Å². The number of benzene rings is 3. The average Bonchev–Trinajstić information content (AvgIpc) is 2.61. The molecule has 24 heavy (non-hydrogen) atoms. The molecule has 0 fully saturated rings. The molecule has 3 rings (SSSR count). The third-order valence-electron chi connectivity index (χ3n) is 3.56. The van der Waals surface area contributed by atoms with Crippen molar-refractivity contribution < 1.29 is 9.53 Å². The smallest absolute Gasteiger partial charge is 0.275 e. The molecular weight excluding hydrogens is 368 g/mol. The molecule has 0 atom stereocenters. The van der Waals surface area contributed by atoms with Crippen LogP contribution in [0.15, 0.2) is 70.2 Å². The number of hydrazone groups is 1. The minimum Gasteiger partial charge on any atom is -0.496 e. The Bertz CT molecular complexity index is 922. The molecule has 1 N–H and O–H groups in total. The van der Waals surface area contributed by atoms with Gasteiger partial charge >= 0.3 is 0 Å². The van der Waals surface area contributed by atoms with Crippen molar-refractivity contribution in [2.75, 3.05) is 7.11 Å². The fraction of sp³-hybridized carbons (Fsp3) is 0.0526. The average molecular weight is 383 g/mol. The second-order valence-electron chi connectivity index (χ2n) is 5.15. The first-order valence-electron chi connectivity index (χ1n) is 7.33. The van der Waals surface area contributed by atoms with Gasteiger partial charge in [-0.25, -0.2) is 5.43 Å². The highest BCUT2D eigenvalue weighted by molar-refractivity contribution is 9.10. The van der Waals surface area contributed by atoms with Gasteiger partial charge in [0.05, 0.1) is 18.9 Å². The molecule has 0 aliphatic heterocycles. The van der Waals surface area contributed by atoms with Crippen LogP contribution in [0.4, 0.5) is 0 Å². The summed E-state index contributed by atoms with van der Waals surface area (Å²) >= 11 is 3.35. The molecule has 3 aromatic rings. The first-order chi connectivity index (χ1) is 11.7. The summed E-state index contributed by atoms with van der Waals surface area (Å²) in [4.78, 5) is 12.3. The molecule has 0 heterocycles. The number of nitrogens with zero attached hydrogens (tertiary/aromatic N) is 1. The number of hydrogen-bond acceptors (Lipinski definition) is 3. The van der Waals surface area contributed by atoms with Crippen molar-refractivity contribution in [3.63, 3.8) is 0 Å². The molecule has 0 aromatic heterocycles. The zero-order chi connectivity index (χ0) is 16.9. The van der Waals surface area contributed by atoms with Gasteiger partial charge in [0.1, 0.15) is 5.75 Å². The van der Waals surface area contributed by atoms with Gasteiger partial charge in [-0.3, -0.25) is 4.79 Å². The Labute approximate surface area is 148 Å². The molecule has 0 unspecified atom stereocenters. The predicted octanol–water partition coefficient (Wildman–Crippen LogP) is 4.37. The molecule has 0 saturated carbocycles. The lowest BCUT2D eigenvalue weighted by Gasteiger charge is -2.07. The van der Waals surface area contributed by atoms with Gasteiger partial charge in [0, 0.05) is 4.47 Å². The molecular formula is C19H15BrN2O2. The summed E-state index contributed by atoms with van der Waals surface area (Å²) in [6, 6.07) is 19.3. The molecule has 5 heteroatoms. The molecule has 3 aromatic carbocycles. The first kappa shape index (κ1) is 16.2. The molecule has 0 spiro atoms. The molecule has 120 valence electrons. The van der Waals surface area contributed by atoms with E-state index in [0.717, 1.165) is 20.8 Å². The Balaban J connectivity index is 1.75. The van der Waals surface area contributed by atoms with E-state index in [1.54, 1.807) is 18.3 Å². The topological polar surface area (TPSA) is 50.7 Å². The van der Waals surface area contributed by atoms with E-state index in [9.17, 15) is 4.79 Å². The van der Waals surface area contributed by atoms with E-state index in [1.165, 1.54) is 7.11 Å². The molecule has 0 radical (unpaired) electrons. The van der Waals surface area contributed by atoms with Crippen LogP contribution in [0, 0.1) is 0 Å². The lowest BCUT2D eigenvalue weighted by Crippen LogP contribution is -2.18. The normalized spacial score (nSPS) is 10.9. The zero-order valence-corrected chi connectivity index (χ0v) is 14.6. The van der Waals surface area contributed by atoms with E-state index in [2.05, 4.69) is 32.5 Å². The van der Waals surface area contributed by atoms with Crippen LogP contribution in [0.3, 0.4) is 0 Å². The van der Waals surface area contributed by atoms with Crippen LogP contribution in [0.2, 0.25) is 0 Å². The fourth-order valence-electron chi connectivity index (χ4n) is 2.37. The number of fused-ring (bicyclic) bond motifs is 1. The highest BCUT2D eigenvalue weighted by atomic mass is 79.9. The monoisotopic (exact) mass is 382 g/mol. The summed E-state index contributed by atoms with van der Waals surface area (Å²) in [6.07, 6.45) is 1.62. The number of amides is 1. The van der Waals surface area contributed by atoms with Crippen molar-refractivity contribution in [3.8, 4) is 5.75 Å². The number of hydrogen-bond donors (Lipinski definition) is 1. The SMILES string of the molecule is COc1ccc(Br)cc1C(=O)NN=Cc1ccc2ccccc2c1. The van der Waals surface area contributed by atoms with Gasteiger partial charge in [-0.15, -0.1) is 0 Å². The fourth-order valence-corrected chi connectivity index (χ4v) is 2.73. The van der Waals surface area contributed by atoms with Gasteiger partial charge in [-0.1, -0.05) is 52.3 Å². The summed E-state index contributed by atoms with van der Waals surface area (Å²) < 4.78 is 6.00. The predicted molar refractivity (Wildman–Crippen MR) is 99.7 cm³/mol. The van der Waals surface area contributed by atoms with Gasteiger partial charge in [-0.2, -0.15) is 5.10 Å². The largest absolute Gasteiger partial charge is 0.496 e. The van der Waals surface area contributed by atoms with Crippen LogP contribution < -0.4 is 10.2 Å². The number of carbonyl (C=O) groups excluding carboxylic acids is 1. The third-order valence-corrected chi connectivity index (χ3v) is 4.05. The highest BCUT2D eigenvalue weighted by Crippen LogP contribution is 2.22. The highest BCUT2D eigenvalue weighted by Gasteiger charge is 2.11. The summed E-state index contributed by atoms with van der Waals surface area (Å²) in [6.45, 7) is 0. The number of rotatable bonds is 4. The van der Waals surface area contributed by atoms with Gasteiger partial charge in [0.2, 0.25) is 0 Å². The Morgan fingerprint density at radius 3 is 2.67 bits per heavy atom. The number of methoxy groups -OCH3 is 1. The molecule has 0 aliphatic rings. The van der Waals surface area contributed by atoms with Crippen molar-refractivity contribution >= 4 is 38.8 Å². The van der Waals surface area contributed by atoms with Crippen LogP contribution in [-0.4, -0.2) is 19.2 Å². The quantitative estimate of drug-likeness (QED) is 0.537. The number of ether oxygens (including phenoxy) is 1. The second-order valence-corrected chi connectivity index (χ2v) is 6.07. The number of carbonyl (C=O) groups is 1. The van der Waals surface area contributed by atoms with E-state index >= 15 is 0 Å². The van der Waals surface area contributed by atoms with E-state index in [4.69, 9.17) is 4.74 Å². The van der Waals surface area contributed by atoms with Crippen molar-refractivity contribution in [2.24, 2.45) is 5.10 Å². The standard InChI is InChI=1S/C19H15BrN2O2/c1-24-18-9-8-16(20)11-17(18)19(23)22-21-12-13-6-7-14-4-2-3-5-15(14)10-13/h2-12H,1H3,(H,22,23). The maximum absolute atomic E-state index is 12.3. The summed E-state index contributed by atoms with van der Waals surface area (Å²) in [5.41, 5.74) is 3.86. The lowest BCUT2D eigenvalue weighted by molar-refractivity contribution is 0.0952. The lowest BCUT2D eigenvalue weighted by atomic mass is 10.1. The Morgan fingerprint density at radius 2 is 1.88 bits per heavy atom. The zero-order valence-electron chi connectivity index (χ0n) is 13.0. The van der Waals surface area contributed by atoms with Crippen molar-refractivity contribution in [1.82, 2.24) is 5.43 Å². The maximum atomic E-state index is 12.3. The summed E-state index contributed by atoms with van der Waals surface area (Å²) in [7, 11) is 1.53. The van der Waals surface area contributed by atoms with Crippen LogP contribution in [0.1, 0.15) is 15.9 Å². The first-order valence-corrected chi connectivity index (χ1v) is 8.12. The van der Waals surface area contributed by atoms with Crippen LogP contribution in [0.25, 0.3) is 10.8 Å². The second kappa shape index (κ2) is 7.27. The molecule has 0 saturated heterocycles. The van der Waals surface area contributed by atoms with Crippen molar-refractivity contribution in [1.29, 1.82) is 0 Å². The van der Waals surface area contributed by atoms with Crippen LogP contribution in [0.5, 0.6) is 5.75 Å². The minimum atomic E-state index is -0.329. The van der Waals surface area contributed by atoms with E-state index in [1.807, 2.05) is 42.5 Å². The third kappa shape index (κ3) is 3.63. The minimum absolute atomic E-state index is 0.329. The Kier molecular flexibility index (Phi) is 4.91. The molecule has 0 bridgehead atoms.